The van der Waals surface area contributed by atoms with Crippen LogP contribution in [0.3, 0.4) is 0 Å². The molecule has 1 heterocycles. The van der Waals surface area contributed by atoms with Gasteiger partial charge in [-0.1, -0.05) is 6.92 Å². The van der Waals surface area contributed by atoms with Crippen LogP contribution in [0.4, 0.5) is 16.2 Å². The molecule has 0 aliphatic carbocycles. The summed E-state index contributed by atoms with van der Waals surface area (Å²) in [5.41, 5.74) is 1.04. The zero-order valence-corrected chi connectivity index (χ0v) is 18.8. The molecule has 1 atom stereocenters. The highest BCUT2D eigenvalue weighted by Gasteiger charge is 2.47. The van der Waals surface area contributed by atoms with Gasteiger partial charge in [-0.2, -0.15) is 0 Å². The van der Waals surface area contributed by atoms with Crippen LogP contribution in [0.15, 0.2) is 48.5 Å². The Bertz CT molecular complexity index is 957. The van der Waals surface area contributed by atoms with Gasteiger partial charge in [0.15, 0.2) is 0 Å². The fourth-order valence-corrected chi connectivity index (χ4v) is 3.59. The van der Waals surface area contributed by atoms with Gasteiger partial charge in [-0.15, -0.1) is 0 Å². The van der Waals surface area contributed by atoms with Crippen molar-refractivity contribution in [3.63, 3.8) is 0 Å². The highest BCUT2D eigenvalue weighted by atomic mass is 16.5. The van der Waals surface area contributed by atoms with Crippen LogP contribution >= 0.6 is 0 Å². The third-order valence-corrected chi connectivity index (χ3v) is 5.13. The fraction of sp³-hybridized carbons (Fsp3) is 0.375. The molecule has 8 heteroatoms. The standard InChI is InChI=1S/C24H29N3O5/c1-5-14-32-20-10-6-17(7-11-20)25-22(28)15-21-23(29)27(24(30)26(21)16(2)3)18-8-12-19(31-4)13-9-18/h6-13,16,21H,5,14-15H2,1-4H3,(H,25,28)/t21-/m1/s1. The van der Waals surface area contributed by atoms with E-state index in [-0.39, 0.29) is 18.4 Å². The molecule has 1 aliphatic rings. The highest BCUT2D eigenvalue weighted by Crippen LogP contribution is 2.30. The van der Waals surface area contributed by atoms with E-state index in [1.54, 1.807) is 55.6 Å². The number of carbonyl (C=O) groups excluding carboxylic acids is 3. The van der Waals surface area contributed by atoms with E-state index >= 15 is 0 Å². The number of carbonyl (C=O) groups is 3. The Morgan fingerprint density at radius 3 is 2.22 bits per heavy atom. The van der Waals surface area contributed by atoms with E-state index in [0.717, 1.165) is 17.1 Å². The second kappa shape index (κ2) is 10.2. The lowest BCUT2D eigenvalue weighted by atomic mass is 10.1. The Kier molecular flexibility index (Phi) is 7.35. The molecular weight excluding hydrogens is 410 g/mol. The van der Waals surface area contributed by atoms with E-state index < -0.39 is 18.0 Å². The molecule has 1 aliphatic heterocycles. The molecule has 0 unspecified atom stereocenters. The summed E-state index contributed by atoms with van der Waals surface area (Å²) in [5.74, 6) is 0.575. The zero-order chi connectivity index (χ0) is 23.3. The molecule has 0 bridgehead atoms. The van der Waals surface area contributed by atoms with E-state index in [0.29, 0.717) is 23.7 Å². The molecule has 1 saturated heterocycles. The van der Waals surface area contributed by atoms with Gasteiger partial charge in [0.25, 0.3) is 5.91 Å². The first-order chi connectivity index (χ1) is 15.3. The van der Waals surface area contributed by atoms with Crippen molar-refractivity contribution in [1.29, 1.82) is 0 Å². The molecule has 1 N–H and O–H groups in total. The van der Waals surface area contributed by atoms with Crippen LogP contribution in [0.5, 0.6) is 11.5 Å². The minimum Gasteiger partial charge on any atom is -0.497 e. The summed E-state index contributed by atoms with van der Waals surface area (Å²) in [6, 6.07) is 12.2. The lowest BCUT2D eigenvalue weighted by Gasteiger charge is -2.25. The van der Waals surface area contributed by atoms with Gasteiger partial charge in [-0.05, 0) is 68.8 Å². The van der Waals surface area contributed by atoms with E-state index in [4.69, 9.17) is 9.47 Å². The largest absolute Gasteiger partial charge is 0.497 e. The minimum atomic E-state index is -0.878. The topological polar surface area (TPSA) is 88.2 Å². The fourth-order valence-electron chi connectivity index (χ4n) is 3.59. The number of benzene rings is 2. The molecule has 32 heavy (non-hydrogen) atoms. The summed E-state index contributed by atoms with van der Waals surface area (Å²) >= 11 is 0. The molecule has 2 aromatic rings. The summed E-state index contributed by atoms with van der Waals surface area (Å²) in [7, 11) is 1.54. The van der Waals surface area contributed by atoms with Crippen LogP contribution in [-0.4, -0.2) is 48.5 Å². The molecule has 4 amide bonds. The summed E-state index contributed by atoms with van der Waals surface area (Å²) in [5, 5.41) is 2.80. The Morgan fingerprint density at radius 2 is 1.66 bits per heavy atom. The molecule has 0 spiro atoms. The van der Waals surface area contributed by atoms with Gasteiger partial charge in [0.1, 0.15) is 17.5 Å². The first-order valence-corrected chi connectivity index (χ1v) is 10.7. The number of imide groups is 1. The number of nitrogens with one attached hydrogen (secondary N) is 1. The molecular formula is C24H29N3O5. The van der Waals surface area contributed by atoms with E-state index in [2.05, 4.69) is 5.32 Å². The van der Waals surface area contributed by atoms with E-state index in [1.165, 1.54) is 4.90 Å². The Morgan fingerprint density at radius 1 is 1.03 bits per heavy atom. The average Bonchev–Trinajstić information content (AvgIpc) is 3.02. The number of amides is 4. The number of anilines is 2. The molecule has 0 radical (unpaired) electrons. The molecule has 2 aromatic carbocycles. The van der Waals surface area contributed by atoms with E-state index in [1.807, 2.05) is 20.8 Å². The molecule has 8 nitrogen and oxygen atoms in total. The summed E-state index contributed by atoms with van der Waals surface area (Å²) in [6.45, 7) is 6.30. The number of hydrogen-bond donors (Lipinski definition) is 1. The van der Waals surface area contributed by atoms with Crippen molar-refractivity contribution in [3.8, 4) is 11.5 Å². The number of nitrogens with zero attached hydrogens (tertiary/aromatic N) is 2. The minimum absolute atomic E-state index is 0.135. The number of urea groups is 1. The number of hydrogen-bond acceptors (Lipinski definition) is 5. The second-order valence-corrected chi connectivity index (χ2v) is 7.80. The predicted molar refractivity (Wildman–Crippen MR) is 122 cm³/mol. The number of rotatable bonds is 9. The maximum absolute atomic E-state index is 13.2. The predicted octanol–water partition coefficient (Wildman–Crippen LogP) is 4.06. The van der Waals surface area contributed by atoms with Crippen molar-refractivity contribution in [3.05, 3.63) is 48.5 Å². The van der Waals surface area contributed by atoms with Crippen molar-refractivity contribution < 1.29 is 23.9 Å². The normalized spacial score (nSPS) is 16.0. The SMILES string of the molecule is CCCOc1ccc(NC(=O)C[C@@H]2C(=O)N(c3ccc(OC)cc3)C(=O)N2C(C)C)cc1. The molecule has 170 valence electrons. The zero-order valence-electron chi connectivity index (χ0n) is 18.8. The van der Waals surface area contributed by atoms with Crippen LogP contribution in [0.2, 0.25) is 0 Å². The molecule has 1 fully saturated rings. The van der Waals surface area contributed by atoms with Gasteiger partial charge in [0.2, 0.25) is 5.91 Å². The quantitative estimate of drug-likeness (QED) is 0.596. The third-order valence-electron chi connectivity index (χ3n) is 5.13. The van der Waals surface area contributed by atoms with Gasteiger partial charge >= 0.3 is 6.03 Å². The van der Waals surface area contributed by atoms with Gasteiger partial charge in [-0.25, -0.2) is 9.69 Å². The van der Waals surface area contributed by atoms with Gasteiger partial charge in [-0.3, -0.25) is 9.59 Å². The first-order valence-electron chi connectivity index (χ1n) is 10.7. The lowest BCUT2D eigenvalue weighted by molar-refractivity contribution is -0.124. The maximum atomic E-state index is 13.2. The molecule has 0 aromatic heterocycles. The van der Waals surface area contributed by atoms with Crippen molar-refractivity contribution >= 4 is 29.2 Å². The van der Waals surface area contributed by atoms with Crippen molar-refractivity contribution in [2.75, 3.05) is 23.9 Å². The van der Waals surface area contributed by atoms with Gasteiger partial charge < -0.3 is 19.7 Å². The van der Waals surface area contributed by atoms with Crippen LogP contribution in [-0.2, 0) is 9.59 Å². The molecule has 0 saturated carbocycles. The maximum Gasteiger partial charge on any atom is 0.332 e. The monoisotopic (exact) mass is 439 g/mol. The number of methoxy groups -OCH3 is 1. The number of ether oxygens (including phenoxy) is 2. The highest BCUT2D eigenvalue weighted by molar-refractivity contribution is 6.22. The average molecular weight is 440 g/mol. The van der Waals surface area contributed by atoms with Crippen LogP contribution in [0.25, 0.3) is 0 Å². The van der Waals surface area contributed by atoms with Gasteiger partial charge in [0, 0.05) is 11.7 Å². The second-order valence-electron chi connectivity index (χ2n) is 7.80. The third kappa shape index (κ3) is 5.01. The first kappa shape index (κ1) is 23.1. The summed E-state index contributed by atoms with van der Waals surface area (Å²) in [6.07, 6.45) is 0.774. The Hall–Kier alpha value is -3.55. The summed E-state index contributed by atoms with van der Waals surface area (Å²) in [4.78, 5) is 41.5. The van der Waals surface area contributed by atoms with Crippen LogP contribution < -0.4 is 19.7 Å². The molecule has 3 rings (SSSR count). The Labute approximate surface area is 188 Å². The Balaban J connectivity index is 1.72. The van der Waals surface area contributed by atoms with Crippen molar-refractivity contribution in [1.82, 2.24) is 4.90 Å². The van der Waals surface area contributed by atoms with Gasteiger partial charge in [0.05, 0.1) is 25.8 Å². The smallest absolute Gasteiger partial charge is 0.332 e. The van der Waals surface area contributed by atoms with Crippen molar-refractivity contribution in [2.24, 2.45) is 0 Å². The van der Waals surface area contributed by atoms with Crippen molar-refractivity contribution in [2.45, 2.75) is 45.7 Å². The van der Waals surface area contributed by atoms with Crippen LogP contribution in [0.1, 0.15) is 33.6 Å². The lowest BCUT2D eigenvalue weighted by Crippen LogP contribution is -2.42. The summed E-state index contributed by atoms with van der Waals surface area (Å²) < 4.78 is 10.7. The van der Waals surface area contributed by atoms with E-state index in [9.17, 15) is 14.4 Å². The van der Waals surface area contributed by atoms with Crippen LogP contribution in [0, 0.1) is 0 Å².